The molecule has 1 aliphatic heterocycles. The lowest BCUT2D eigenvalue weighted by molar-refractivity contribution is -0.137. The van der Waals surface area contributed by atoms with Crippen molar-refractivity contribution >= 4 is 5.78 Å². The van der Waals surface area contributed by atoms with Crippen LogP contribution in [-0.4, -0.2) is 58.2 Å². The van der Waals surface area contributed by atoms with Gasteiger partial charge >= 0.3 is 6.18 Å². The Bertz CT molecular complexity index is 994. The molecule has 0 aliphatic carbocycles. The summed E-state index contributed by atoms with van der Waals surface area (Å²) in [4.78, 5) is 17.1. The second-order valence-corrected chi connectivity index (χ2v) is 10.2. The molecule has 36 heavy (non-hydrogen) atoms. The molecule has 0 saturated carbocycles. The Morgan fingerprint density at radius 3 is 2.11 bits per heavy atom. The molecule has 2 atom stereocenters. The van der Waals surface area contributed by atoms with E-state index in [4.69, 9.17) is 0 Å². The Morgan fingerprint density at radius 1 is 1.00 bits per heavy atom. The molecule has 1 aliphatic rings. The number of carbonyl (C=O) groups is 1. The third-order valence-corrected chi connectivity index (χ3v) is 7.08. The van der Waals surface area contributed by atoms with Crippen molar-refractivity contribution in [2.24, 2.45) is 0 Å². The van der Waals surface area contributed by atoms with Crippen LogP contribution >= 0.6 is 0 Å². The van der Waals surface area contributed by atoms with Gasteiger partial charge in [-0.3, -0.25) is 14.6 Å². The molecule has 1 N–H and O–H groups in total. The summed E-state index contributed by atoms with van der Waals surface area (Å²) in [6.45, 7) is 8.26. The maximum Gasteiger partial charge on any atom is 0.416 e. The molecular weight excluding hydrogens is 472 g/mol. The van der Waals surface area contributed by atoms with Crippen LogP contribution in [0.15, 0.2) is 54.6 Å². The largest absolute Gasteiger partial charge is 0.416 e. The van der Waals surface area contributed by atoms with Gasteiger partial charge in [-0.1, -0.05) is 42.5 Å². The Balaban J connectivity index is 1.75. The molecule has 0 radical (unpaired) electrons. The number of Topliss-reactive ketones (excluding diaryl/α,β-unsaturated/α-hetero) is 1. The monoisotopic (exact) mass is 508 g/mol. The van der Waals surface area contributed by atoms with Gasteiger partial charge in [0.05, 0.1) is 17.2 Å². The van der Waals surface area contributed by atoms with Crippen molar-refractivity contribution in [2.45, 2.75) is 83.2 Å². The van der Waals surface area contributed by atoms with Gasteiger partial charge in [0.15, 0.2) is 12.1 Å². The fourth-order valence-electron chi connectivity index (χ4n) is 5.26. The van der Waals surface area contributed by atoms with Gasteiger partial charge in [0.1, 0.15) is 0 Å². The lowest BCUT2D eigenvalue weighted by atomic mass is 9.83. The Hall–Kier alpha value is -2.29. The number of piperidine rings is 1. The number of ketones is 1. The molecule has 2 aromatic carbocycles. The van der Waals surface area contributed by atoms with Crippen molar-refractivity contribution < 1.29 is 27.5 Å². The quantitative estimate of drug-likeness (QED) is 0.255. The zero-order valence-corrected chi connectivity index (χ0v) is 21.3. The first-order valence-electron chi connectivity index (χ1n) is 12.5. The fourth-order valence-corrected chi connectivity index (χ4v) is 5.26. The highest BCUT2D eigenvalue weighted by Gasteiger charge is 2.40. The lowest BCUT2D eigenvalue weighted by Crippen LogP contribution is -2.53. The summed E-state index contributed by atoms with van der Waals surface area (Å²) in [5, 5.41) is 11.1. The van der Waals surface area contributed by atoms with E-state index in [2.05, 4.69) is 0 Å². The molecule has 0 amide bonds. The minimum Gasteiger partial charge on any atom is -0.385 e. The van der Waals surface area contributed by atoms with Crippen molar-refractivity contribution in [3.8, 4) is 0 Å². The summed E-state index contributed by atoms with van der Waals surface area (Å²) in [7, 11) is 0. The van der Waals surface area contributed by atoms with Gasteiger partial charge < -0.3 is 5.11 Å². The van der Waals surface area contributed by atoms with E-state index in [0.717, 1.165) is 12.1 Å². The van der Waals surface area contributed by atoms with Gasteiger partial charge in [0.25, 0.3) is 0 Å². The van der Waals surface area contributed by atoms with Crippen molar-refractivity contribution in [1.29, 1.82) is 0 Å². The zero-order valence-electron chi connectivity index (χ0n) is 21.3. The predicted molar refractivity (Wildman–Crippen MR) is 132 cm³/mol. The first-order chi connectivity index (χ1) is 16.8. The molecule has 1 fully saturated rings. The van der Waals surface area contributed by atoms with Crippen LogP contribution in [0, 0.1) is 0 Å². The highest BCUT2D eigenvalue weighted by molar-refractivity contribution is 6.00. The van der Waals surface area contributed by atoms with Crippen molar-refractivity contribution in [3.05, 3.63) is 71.3 Å². The van der Waals surface area contributed by atoms with Gasteiger partial charge in [-0.25, -0.2) is 4.39 Å². The summed E-state index contributed by atoms with van der Waals surface area (Å²) >= 11 is 0. The second-order valence-electron chi connectivity index (χ2n) is 10.2. The molecule has 2 unspecified atom stereocenters. The molecule has 0 aromatic heterocycles. The maximum atomic E-state index is 15.7. The molecule has 0 bridgehead atoms. The highest BCUT2D eigenvalue weighted by atomic mass is 19.4. The number of rotatable bonds is 9. The van der Waals surface area contributed by atoms with Crippen molar-refractivity contribution in [2.75, 3.05) is 13.1 Å². The highest BCUT2D eigenvalue weighted by Crippen LogP contribution is 2.37. The predicted octanol–water partition coefficient (Wildman–Crippen LogP) is 6.04. The average molecular weight is 509 g/mol. The van der Waals surface area contributed by atoms with Gasteiger partial charge in [-0.05, 0) is 58.2 Å². The summed E-state index contributed by atoms with van der Waals surface area (Å²) in [5.41, 5.74) is -1.56. The Morgan fingerprint density at radius 2 is 1.58 bits per heavy atom. The molecule has 4 nitrogen and oxygen atoms in total. The minimum absolute atomic E-state index is 0.0159. The number of carbonyl (C=O) groups excluding carboxylic acids is 1. The number of likely N-dealkylation sites (tertiary alicyclic amines) is 1. The summed E-state index contributed by atoms with van der Waals surface area (Å²) in [5.74, 6) is -0.141. The SMILES string of the molecule is CC(C)N(C(C)C)C(CC(F)N1CCC(O)(c2cccc(C(F)(F)F)c2)CC1)C(=O)c1ccccc1. The molecule has 1 saturated heterocycles. The first kappa shape index (κ1) is 28.3. The number of nitrogens with zero attached hydrogens (tertiary/aromatic N) is 2. The van der Waals surface area contributed by atoms with Gasteiger partial charge in [-0.2, -0.15) is 13.2 Å². The van der Waals surface area contributed by atoms with Crippen LogP contribution in [0.3, 0.4) is 0 Å². The van der Waals surface area contributed by atoms with Crippen LogP contribution in [-0.2, 0) is 11.8 Å². The Kier molecular flexibility index (Phi) is 8.96. The molecule has 8 heteroatoms. The first-order valence-corrected chi connectivity index (χ1v) is 12.5. The molecular formula is C28H36F4N2O2. The number of halogens is 4. The number of hydrogen-bond donors (Lipinski definition) is 1. The average Bonchev–Trinajstić information content (AvgIpc) is 2.83. The number of aliphatic hydroxyl groups is 1. The second kappa shape index (κ2) is 11.4. The van der Waals surface area contributed by atoms with Gasteiger partial charge in [0.2, 0.25) is 0 Å². The van der Waals surface area contributed by atoms with Crippen molar-refractivity contribution in [1.82, 2.24) is 9.80 Å². The summed E-state index contributed by atoms with van der Waals surface area (Å²) in [6.07, 6.45) is -5.77. The molecule has 3 rings (SSSR count). The van der Waals surface area contributed by atoms with E-state index < -0.39 is 29.7 Å². The van der Waals surface area contributed by atoms with Crippen LogP contribution in [0.2, 0.25) is 0 Å². The van der Waals surface area contributed by atoms with Crippen molar-refractivity contribution in [3.63, 3.8) is 0 Å². The third kappa shape index (κ3) is 6.52. The van der Waals surface area contributed by atoms with Crippen LogP contribution in [0.1, 0.15) is 68.4 Å². The zero-order chi connectivity index (χ0) is 26.7. The smallest absolute Gasteiger partial charge is 0.385 e. The van der Waals surface area contributed by atoms with E-state index in [1.54, 1.807) is 29.2 Å². The van der Waals surface area contributed by atoms with E-state index in [1.165, 1.54) is 12.1 Å². The van der Waals surface area contributed by atoms with E-state index in [-0.39, 0.29) is 55.8 Å². The lowest BCUT2D eigenvalue weighted by Gasteiger charge is -2.42. The third-order valence-electron chi connectivity index (χ3n) is 7.08. The van der Waals surface area contributed by atoms with E-state index in [1.807, 2.05) is 38.7 Å². The van der Waals surface area contributed by atoms with Crippen LogP contribution in [0.4, 0.5) is 17.6 Å². The molecule has 198 valence electrons. The minimum atomic E-state index is -4.50. The molecule has 1 heterocycles. The van der Waals surface area contributed by atoms with E-state index >= 15 is 4.39 Å². The standard InChI is InChI=1S/C28H36F4N2O2/c1-19(2)34(20(3)4)24(26(35)21-9-6-5-7-10-21)18-25(29)33-15-13-27(36,14-16-33)22-11-8-12-23(17-22)28(30,31)32/h5-12,17,19-20,24-25,36H,13-16,18H2,1-4H3. The Labute approximate surface area is 210 Å². The number of benzene rings is 2. The summed E-state index contributed by atoms with van der Waals surface area (Å²) in [6, 6.07) is 12.9. The maximum absolute atomic E-state index is 15.7. The molecule has 0 spiro atoms. The number of hydrogen-bond acceptors (Lipinski definition) is 4. The van der Waals surface area contributed by atoms with Crippen LogP contribution < -0.4 is 0 Å². The fraction of sp³-hybridized carbons (Fsp3) is 0.536. The van der Waals surface area contributed by atoms with E-state index in [0.29, 0.717) is 5.56 Å². The van der Waals surface area contributed by atoms with E-state index in [9.17, 15) is 23.1 Å². The van der Waals surface area contributed by atoms with Crippen LogP contribution in [0.25, 0.3) is 0 Å². The normalized spacial score (nSPS) is 18.6. The van der Waals surface area contributed by atoms with Gasteiger partial charge in [0, 0.05) is 37.2 Å². The number of alkyl halides is 4. The van der Waals surface area contributed by atoms with Gasteiger partial charge in [-0.15, -0.1) is 0 Å². The molecule has 2 aromatic rings. The topological polar surface area (TPSA) is 43.8 Å². The van der Waals surface area contributed by atoms with Crippen LogP contribution in [0.5, 0.6) is 0 Å². The summed E-state index contributed by atoms with van der Waals surface area (Å²) < 4.78 is 55.1.